The summed E-state index contributed by atoms with van der Waals surface area (Å²) < 4.78 is 0. The first-order valence-corrected chi connectivity index (χ1v) is 7.43. The second-order valence-corrected chi connectivity index (χ2v) is 5.84. The molecular formula is C13H18N2O3S. The van der Waals surface area contributed by atoms with Gasteiger partial charge in [0.15, 0.2) is 0 Å². The standard InChI is InChI=1S/C13H18N2O3S/c16-12(15-5-4-11-14-6-7-19-11)9-2-1-3-10(8-9)13(17)18/h6-7,9-10H,1-5,8H2,(H,15,16)(H,17,18). The highest BCUT2D eigenvalue weighted by molar-refractivity contribution is 7.09. The first-order chi connectivity index (χ1) is 9.16. The fraction of sp³-hybridized carbons (Fsp3) is 0.615. The quantitative estimate of drug-likeness (QED) is 0.861. The molecule has 5 nitrogen and oxygen atoms in total. The van der Waals surface area contributed by atoms with Crippen molar-refractivity contribution >= 4 is 23.2 Å². The summed E-state index contributed by atoms with van der Waals surface area (Å²) in [6.45, 7) is 0.570. The number of carboxylic acid groups (broad SMARTS) is 1. The minimum Gasteiger partial charge on any atom is -0.481 e. The van der Waals surface area contributed by atoms with Crippen LogP contribution in [0.3, 0.4) is 0 Å². The van der Waals surface area contributed by atoms with Gasteiger partial charge in [-0.2, -0.15) is 0 Å². The van der Waals surface area contributed by atoms with Crippen molar-refractivity contribution in [3.8, 4) is 0 Å². The summed E-state index contributed by atoms with van der Waals surface area (Å²) in [5.74, 6) is -1.29. The normalized spacial score (nSPS) is 22.9. The largest absolute Gasteiger partial charge is 0.481 e. The molecule has 1 amide bonds. The predicted molar refractivity (Wildman–Crippen MR) is 71.9 cm³/mol. The maximum Gasteiger partial charge on any atom is 0.306 e. The van der Waals surface area contributed by atoms with Crippen molar-refractivity contribution < 1.29 is 14.7 Å². The zero-order valence-corrected chi connectivity index (χ0v) is 11.5. The van der Waals surface area contributed by atoms with Crippen LogP contribution in [0, 0.1) is 11.8 Å². The summed E-state index contributed by atoms with van der Waals surface area (Å²) in [7, 11) is 0. The molecule has 2 atom stereocenters. The van der Waals surface area contributed by atoms with Gasteiger partial charge in [-0.1, -0.05) is 6.42 Å². The number of carbonyl (C=O) groups excluding carboxylic acids is 1. The van der Waals surface area contributed by atoms with E-state index in [1.165, 1.54) is 0 Å². The Morgan fingerprint density at radius 1 is 1.42 bits per heavy atom. The molecule has 0 aromatic carbocycles. The van der Waals surface area contributed by atoms with Gasteiger partial charge < -0.3 is 10.4 Å². The molecule has 1 heterocycles. The first-order valence-electron chi connectivity index (χ1n) is 6.55. The van der Waals surface area contributed by atoms with E-state index in [-0.39, 0.29) is 17.7 Å². The van der Waals surface area contributed by atoms with Crippen molar-refractivity contribution in [1.82, 2.24) is 10.3 Å². The third kappa shape index (κ3) is 4.02. The van der Waals surface area contributed by atoms with Gasteiger partial charge in [-0.3, -0.25) is 9.59 Å². The van der Waals surface area contributed by atoms with Crippen LogP contribution in [0.2, 0.25) is 0 Å². The highest BCUT2D eigenvalue weighted by Crippen LogP contribution is 2.29. The SMILES string of the molecule is O=C(O)C1CCCC(C(=O)NCCc2nccs2)C1. The highest BCUT2D eigenvalue weighted by atomic mass is 32.1. The number of nitrogens with one attached hydrogen (secondary N) is 1. The number of nitrogens with zero attached hydrogens (tertiary/aromatic N) is 1. The number of carboxylic acids is 1. The molecule has 2 unspecified atom stereocenters. The molecule has 1 aliphatic carbocycles. The lowest BCUT2D eigenvalue weighted by Crippen LogP contribution is -2.36. The zero-order valence-electron chi connectivity index (χ0n) is 10.7. The summed E-state index contributed by atoms with van der Waals surface area (Å²) in [6, 6.07) is 0. The van der Waals surface area contributed by atoms with Crippen molar-refractivity contribution in [3.63, 3.8) is 0 Å². The lowest BCUT2D eigenvalue weighted by Gasteiger charge is -2.25. The maximum atomic E-state index is 12.0. The fourth-order valence-corrected chi connectivity index (χ4v) is 3.09. The van der Waals surface area contributed by atoms with Gasteiger partial charge in [-0.25, -0.2) is 4.98 Å². The molecule has 0 spiro atoms. The Kier molecular flexibility index (Phi) is 4.90. The molecule has 104 valence electrons. The Bertz CT molecular complexity index is 433. The van der Waals surface area contributed by atoms with Gasteiger partial charge >= 0.3 is 5.97 Å². The van der Waals surface area contributed by atoms with E-state index in [1.54, 1.807) is 17.5 Å². The minimum absolute atomic E-state index is 0.0116. The Labute approximate surface area is 116 Å². The number of aliphatic carboxylic acids is 1. The Balaban J connectivity index is 1.74. The zero-order chi connectivity index (χ0) is 13.7. The molecule has 0 bridgehead atoms. The number of hydrogen-bond donors (Lipinski definition) is 2. The molecule has 6 heteroatoms. The van der Waals surface area contributed by atoms with E-state index in [1.807, 2.05) is 5.38 Å². The van der Waals surface area contributed by atoms with E-state index >= 15 is 0 Å². The van der Waals surface area contributed by atoms with Crippen LogP contribution >= 0.6 is 11.3 Å². The van der Waals surface area contributed by atoms with Crippen molar-refractivity contribution in [2.24, 2.45) is 11.8 Å². The van der Waals surface area contributed by atoms with Crippen molar-refractivity contribution in [2.45, 2.75) is 32.1 Å². The molecule has 1 saturated carbocycles. The number of carbonyl (C=O) groups is 2. The van der Waals surface area contributed by atoms with Crippen LogP contribution in [0.25, 0.3) is 0 Å². The molecule has 2 N–H and O–H groups in total. The van der Waals surface area contributed by atoms with E-state index in [2.05, 4.69) is 10.3 Å². The molecular weight excluding hydrogens is 264 g/mol. The number of rotatable bonds is 5. The van der Waals surface area contributed by atoms with Crippen LogP contribution in [0.5, 0.6) is 0 Å². The van der Waals surface area contributed by atoms with E-state index in [0.29, 0.717) is 19.4 Å². The van der Waals surface area contributed by atoms with Crippen LogP contribution < -0.4 is 5.32 Å². The van der Waals surface area contributed by atoms with Gasteiger partial charge in [0.05, 0.1) is 10.9 Å². The van der Waals surface area contributed by atoms with Crippen molar-refractivity contribution in [2.75, 3.05) is 6.54 Å². The second-order valence-electron chi connectivity index (χ2n) is 4.87. The summed E-state index contributed by atoms with van der Waals surface area (Å²) >= 11 is 1.57. The number of hydrogen-bond acceptors (Lipinski definition) is 4. The molecule has 2 rings (SSSR count). The summed E-state index contributed by atoms with van der Waals surface area (Å²) in [4.78, 5) is 27.1. The van der Waals surface area contributed by atoms with Gasteiger partial charge in [-0.05, 0) is 19.3 Å². The molecule has 1 aromatic rings. The van der Waals surface area contributed by atoms with Gasteiger partial charge in [0.1, 0.15) is 0 Å². The van der Waals surface area contributed by atoms with E-state index in [4.69, 9.17) is 5.11 Å². The van der Waals surface area contributed by atoms with Crippen LogP contribution in [0.1, 0.15) is 30.7 Å². The van der Waals surface area contributed by atoms with Crippen molar-refractivity contribution in [3.05, 3.63) is 16.6 Å². The highest BCUT2D eigenvalue weighted by Gasteiger charge is 2.30. The van der Waals surface area contributed by atoms with E-state index in [9.17, 15) is 9.59 Å². The first kappa shape index (κ1) is 14.0. The van der Waals surface area contributed by atoms with Crippen LogP contribution in [0.15, 0.2) is 11.6 Å². The minimum atomic E-state index is -0.778. The van der Waals surface area contributed by atoms with Crippen LogP contribution in [-0.2, 0) is 16.0 Å². The van der Waals surface area contributed by atoms with E-state index in [0.717, 1.165) is 24.3 Å². The maximum absolute atomic E-state index is 12.0. The van der Waals surface area contributed by atoms with Crippen molar-refractivity contribution in [1.29, 1.82) is 0 Å². The smallest absolute Gasteiger partial charge is 0.306 e. The Morgan fingerprint density at radius 3 is 2.89 bits per heavy atom. The van der Waals surface area contributed by atoms with Crippen LogP contribution in [-0.4, -0.2) is 28.5 Å². The fourth-order valence-electron chi connectivity index (χ4n) is 2.47. The summed E-state index contributed by atoms with van der Waals surface area (Å²) in [5, 5.41) is 14.8. The van der Waals surface area contributed by atoms with Gasteiger partial charge in [-0.15, -0.1) is 11.3 Å². The lowest BCUT2D eigenvalue weighted by atomic mass is 9.81. The van der Waals surface area contributed by atoms with Gasteiger partial charge in [0, 0.05) is 30.5 Å². The second kappa shape index (κ2) is 6.65. The number of thiazole rings is 1. The lowest BCUT2D eigenvalue weighted by molar-refractivity contribution is -0.144. The third-order valence-electron chi connectivity index (χ3n) is 3.52. The molecule has 0 radical (unpaired) electrons. The molecule has 19 heavy (non-hydrogen) atoms. The monoisotopic (exact) mass is 282 g/mol. The molecule has 1 fully saturated rings. The number of amides is 1. The molecule has 1 aliphatic rings. The predicted octanol–water partition coefficient (Wildman–Crippen LogP) is 1.69. The number of aromatic nitrogens is 1. The Morgan fingerprint density at radius 2 is 2.21 bits per heavy atom. The molecule has 1 aromatic heterocycles. The van der Waals surface area contributed by atoms with Crippen LogP contribution in [0.4, 0.5) is 0 Å². The summed E-state index contributed by atoms with van der Waals surface area (Å²) in [6.07, 6.45) is 5.27. The molecule has 0 aliphatic heterocycles. The topological polar surface area (TPSA) is 79.3 Å². The summed E-state index contributed by atoms with van der Waals surface area (Å²) in [5.41, 5.74) is 0. The average Bonchev–Trinajstić information content (AvgIpc) is 2.92. The van der Waals surface area contributed by atoms with Gasteiger partial charge in [0.2, 0.25) is 5.91 Å². The van der Waals surface area contributed by atoms with Gasteiger partial charge in [0.25, 0.3) is 0 Å². The van der Waals surface area contributed by atoms with E-state index < -0.39 is 5.97 Å². The Hall–Kier alpha value is -1.43. The molecule has 0 saturated heterocycles. The third-order valence-corrected chi connectivity index (χ3v) is 4.36. The average molecular weight is 282 g/mol.